The average Bonchev–Trinajstić information content (AvgIpc) is 2.79. The lowest BCUT2D eigenvalue weighted by Crippen LogP contribution is -2.25. The summed E-state index contributed by atoms with van der Waals surface area (Å²) in [6.07, 6.45) is 0. The molecule has 0 atom stereocenters. The molecule has 3 aromatic rings. The van der Waals surface area contributed by atoms with Crippen molar-refractivity contribution in [2.75, 3.05) is 17.9 Å². The van der Waals surface area contributed by atoms with Gasteiger partial charge in [0.15, 0.2) is 11.5 Å². The minimum Gasteiger partial charge on any atom is -0.486 e. The van der Waals surface area contributed by atoms with Crippen molar-refractivity contribution in [3.05, 3.63) is 83.2 Å². The summed E-state index contributed by atoms with van der Waals surface area (Å²) in [5, 5.41) is 2.69. The molecule has 4 rings (SSSR count). The van der Waals surface area contributed by atoms with Crippen LogP contribution in [0.25, 0.3) is 0 Å². The summed E-state index contributed by atoms with van der Waals surface area (Å²) in [4.78, 5) is 12.7. The minimum absolute atomic E-state index is 0.0212. The quantitative estimate of drug-likeness (QED) is 0.591. The van der Waals surface area contributed by atoms with Gasteiger partial charge in [0, 0.05) is 12.6 Å². The highest BCUT2D eigenvalue weighted by atomic mass is 32.2. The van der Waals surface area contributed by atoms with Gasteiger partial charge in [0.1, 0.15) is 19.0 Å². The van der Waals surface area contributed by atoms with Crippen LogP contribution in [-0.4, -0.2) is 27.5 Å². The molecule has 1 heterocycles. The van der Waals surface area contributed by atoms with E-state index in [-0.39, 0.29) is 28.5 Å². The first-order valence-electron chi connectivity index (χ1n) is 9.88. The number of nitrogens with one attached hydrogen (secondary N) is 2. The lowest BCUT2D eigenvalue weighted by molar-refractivity contribution is 0.0951. The second kappa shape index (κ2) is 8.88. The van der Waals surface area contributed by atoms with E-state index < -0.39 is 15.9 Å². The molecule has 9 heteroatoms. The van der Waals surface area contributed by atoms with E-state index in [0.29, 0.717) is 35.8 Å². The maximum absolute atomic E-state index is 13.7. The summed E-state index contributed by atoms with van der Waals surface area (Å²) in [6.45, 7) is 2.48. The van der Waals surface area contributed by atoms with Crippen LogP contribution in [0.2, 0.25) is 0 Å². The number of aryl methyl sites for hydroxylation is 1. The van der Waals surface area contributed by atoms with Crippen molar-refractivity contribution in [3.63, 3.8) is 0 Å². The molecule has 1 amide bonds. The number of anilines is 1. The Balaban J connectivity index is 1.52. The molecule has 0 saturated carbocycles. The molecule has 1 aliphatic heterocycles. The van der Waals surface area contributed by atoms with Crippen LogP contribution in [0, 0.1) is 12.7 Å². The summed E-state index contributed by atoms with van der Waals surface area (Å²) >= 11 is 0. The maximum atomic E-state index is 13.7. The van der Waals surface area contributed by atoms with E-state index in [2.05, 4.69) is 10.0 Å². The van der Waals surface area contributed by atoms with E-state index in [0.717, 1.165) is 0 Å². The van der Waals surface area contributed by atoms with Gasteiger partial charge in [-0.2, -0.15) is 0 Å². The molecule has 2 N–H and O–H groups in total. The Kier molecular flexibility index (Phi) is 6.00. The van der Waals surface area contributed by atoms with Gasteiger partial charge in [-0.25, -0.2) is 12.8 Å². The van der Waals surface area contributed by atoms with Crippen molar-refractivity contribution in [1.82, 2.24) is 5.32 Å². The molecule has 1 aliphatic rings. The zero-order valence-electron chi connectivity index (χ0n) is 17.2. The standard InChI is InChI=1S/C23H21FN2O5S/c1-15-6-7-16(12-19(15)24)14-25-23(27)18-4-2-3-5-20(18)26-32(28,29)17-8-9-21-22(13-17)31-11-10-30-21/h2-9,12-13,26H,10-11,14H2,1H3,(H,25,27). The molecule has 0 radical (unpaired) electrons. The number of ether oxygens (including phenoxy) is 2. The van der Waals surface area contributed by atoms with Gasteiger partial charge in [-0.05, 0) is 48.4 Å². The molecule has 0 saturated heterocycles. The Labute approximate surface area is 185 Å². The molecule has 32 heavy (non-hydrogen) atoms. The smallest absolute Gasteiger partial charge is 0.262 e. The number of rotatable bonds is 6. The third-order valence-corrected chi connectivity index (χ3v) is 6.29. The Morgan fingerprint density at radius 3 is 2.53 bits per heavy atom. The number of carbonyl (C=O) groups excluding carboxylic acids is 1. The number of amides is 1. The first kappa shape index (κ1) is 21.6. The lowest BCUT2D eigenvalue weighted by atomic mass is 10.1. The van der Waals surface area contributed by atoms with Crippen LogP contribution in [0.4, 0.5) is 10.1 Å². The Hall–Kier alpha value is -3.59. The second-order valence-electron chi connectivity index (χ2n) is 7.22. The van der Waals surface area contributed by atoms with Crippen molar-refractivity contribution in [1.29, 1.82) is 0 Å². The van der Waals surface area contributed by atoms with Gasteiger partial charge >= 0.3 is 0 Å². The van der Waals surface area contributed by atoms with Crippen LogP contribution in [0.15, 0.2) is 65.6 Å². The molecule has 0 unspecified atom stereocenters. The fourth-order valence-electron chi connectivity index (χ4n) is 3.19. The molecule has 0 aromatic heterocycles. The number of hydrogen-bond donors (Lipinski definition) is 2. The van der Waals surface area contributed by atoms with Crippen LogP contribution in [0.5, 0.6) is 11.5 Å². The number of sulfonamides is 1. The third-order valence-electron chi connectivity index (χ3n) is 4.93. The number of hydrogen-bond acceptors (Lipinski definition) is 5. The fraction of sp³-hybridized carbons (Fsp3) is 0.174. The summed E-state index contributed by atoms with van der Waals surface area (Å²) in [7, 11) is -4.00. The number of benzene rings is 3. The zero-order valence-corrected chi connectivity index (χ0v) is 18.0. The minimum atomic E-state index is -4.00. The Morgan fingerprint density at radius 1 is 1.00 bits per heavy atom. The van der Waals surface area contributed by atoms with Crippen molar-refractivity contribution >= 4 is 21.6 Å². The SMILES string of the molecule is Cc1ccc(CNC(=O)c2ccccc2NS(=O)(=O)c2ccc3c(c2)OCCO3)cc1F. The highest BCUT2D eigenvalue weighted by Gasteiger charge is 2.21. The average molecular weight is 456 g/mol. The van der Waals surface area contributed by atoms with Gasteiger partial charge in [0.25, 0.3) is 15.9 Å². The van der Waals surface area contributed by atoms with Gasteiger partial charge in [-0.15, -0.1) is 0 Å². The summed E-state index contributed by atoms with van der Waals surface area (Å²) in [5.41, 5.74) is 1.37. The Bertz CT molecular complexity index is 1280. The fourth-order valence-corrected chi connectivity index (χ4v) is 4.28. The second-order valence-corrected chi connectivity index (χ2v) is 8.91. The number of halogens is 1. The van der Waals surface area contributed by atoms with Crippen molar-refractivity contribution in [2.24, 2.45) is 0 Å². The van der Waals surface area contributed by atoms with Crippen LogP contribution in [0.1, 0.15) is 21.5 Å². The van der Waals surface area contributed by atoms with E-state index in [9.17, 15) is 17.6 Å². The molecule has 166 valence electrons. The van der Waals surface area contributed by atoms with Gasteiger partial charge in [-0.3, -0.25) is 9.52 Å². The first-order valence-corrected chi connectivity index (χ1v) is 11.4. The van der Waals surface area contributed by atoms with E-state index in [1.807, 2.05) is 0 Å². The van der Waals surface area contributed by atoms with Crippen LogP contribution >= 0.6 is 0 Å². The predicted molar refractivity (Wildman–Crippen MR) is 117 cm³/mol. The number of fused-ring (bicyclic) bond motifs is 1. The molecule has 0 aliphatic carbocycles. The van der Waals surface area contributed by atoms with E-state index in [1.54, 1.807) is 31.2 Å². The normalized spacial score (nSPS) is 12.8. The molecule has 0 spiro atoms. The van der Waals surface area contributed by atoms with Crippen molar-refractivity contribution < 1.29 is 27.1 Å². The highest BCUT2D eigenvalue weighted by Crippen LogP contribution is 2.33. The van der Waals surface area contributed by atoms with Gasteiger partial charge in [0.2, 0.25) is 0 Å². The largest absolute Gasteiger partial charge is 0.486 e. The van der Waals surface area contributed by atoms with Gasteiger partial charge < -0.3 is 14.8 Å². The van der Waals surface area contributed by atoms with Crippen LogP contribution < -0.4 is 19.5 Å². The molecule has 0 bridgehead atoms. The number of carbonyl (C=O) groups is 1. The Morgan fingerprint density at radius 2 is 1.75 bits per heavy atom. The van der Waals surface area contributed by atoms with E-state index in [1.165, 1.54) is 36.4 Å². The molecule has 0 fully saturated rings. The maximum Gasteiger partial charge on any atom is 0.262 e. The third kappa shape index (κ3) is 4.67. The van der Waals surface area contributed by atoms with Gasteiger partial charge in [-0.1, -0.05) is 24.3 Å². The van der Waals surface area contributed by atoms with Crippen molar-refractivity contribution in [3.8, 4) is 11.5 Å². The first-order chi connectivity index (χ1) is 15.3. The molecular formula is C23H21FN2O5S. The van der Waals surface area contributed by atoms with E-state index >= 15 is 0 Å². The predicted octanol–water partition coefficient (Wildman–Crippen LogP) is 3.64. The van der Waals surface area contributed by atoms with Crippen LogP contribution in [0.3, 0.4) is 0 Å². The highest BCUT2D eigenvalue weighted by molar-refractivity contribution is 7.92. The molecular weight excluding hydrogens is 435 g/mol. The topological polar surface area (TPSA) is 93.7 Å². The van der Waals surface area contributed by atoms with Gasteiger partial charge in [0.05, 0.1) is 16.1 Å². The lowest BCUT2D eigenvalue weighted by Gasteiger charge is -2.19. The molecule has 3 aromatic carbocycles. The van der Waals surface area contributed by atoms with Crippen molar-refractivity contribution in [2.45, 2.75) is 18.4 Å². The monoisotopic (exact) mass is 456 g/mol. The molecule has 7 nitrogen and oxygen atoms in total. The number of para-hydroxylation sites is 1. The summed E-state index contributed by atoms with van der Waals surface area (Å²) in [5.74, 6) is -0.0335. The van der Waals surface area contributed by atoms with E-state index in [4.69, 9.17) is 9.47 Å². The summed E-state index contributed by atoms with van der Waals surface area (Å²) in [6, 6.07) is 15.3. The zero-order chi connectivity index (χ0) is 22.7. The summed E-state index contributed by atoms with van der Waals surface area (Å²) < 4.78 is 52.9. The van der Waals surface area contributed by atoms with Crippen LogP contribution in [-0.2, 0) is 16.6 Å².